The second-order valence-corrected chi connectivity index (χ2v) is 6.80. The summed E-state index contributed by atoms with van der Waals surface area (Å²) >= 11 is 6.12. The molecule has 3 heterocycles. The third kappa shape index (κ3) is 2.73. The fraction of sp³-hybridized carbons (Fsp3) is 0.538. The molecule has 1 aliphatic rings. The second kappa shape index (κ2) is 5.94. The van der Waals surface area contributed by atoms with Crippen molar-refractivity contribution in [2.45, 2.75) is 19.4 Å². The lowest BCUT2D eigenvalue weighted by atomic mass is 10.1. The summed E-state index contributed by atoms with van der Waals surface area (Å²) in [5.41, 5.74) is 0.496. The van der Waals surface area contributed by atoms with E-state index in [9.17, 15) is 8.42 Å². The van der Waals surface area contributed by atoms with Crippen molar-refractivity contribution in [3.05, 3.63) is 21.9 Å². The molecular formula is C13H18ClN5O2S. The first kappa shape index (κ1) is 15.4. The van der Waals surface area contributed by atoms with Crippen molar-refractivity contribution < 1.29 is 8.42 Å². The Labute approximate surface area is 134 Å². The lowest BCUT2D eigenvalue weighted by Crippen LogP contribution is -2.52. The summed E-state index contributed by atoms with van der Waals surface area (Å²) in [7, 11) is -0.227. The van der Waals surface area contributed by atoms with Crippen molar-refractivity contribution >= 4 is 33.4 Å². The molecule has 2 aromatic rings. The molecule has 0 radical (unpaired) electrons. The summed E-state index contributed by atoms with van der Waals surface area (Å²) in [6.07, 6.45) is 0.993. The van der Waals surface area contributed by atoms with Crippen LogP contribution in [0.3, 0.4) is 0 Å². The van der Waals surface area contributed by atoms with Crippen LogP contribution in [0.4, 0.5) is 5.82 Å². The predicted molar refractivity (Wildman–Crippen MR) is 85.6 cm³/mol. The molecule has 3 rings (SSSR count). The van der Waals surface area contributed by atoms with E-state index in [0.717, 1.165) is 31.9 Å². The largest absolute Gasteiger partial charge is 0.351 e. The number of halogens is 1. The molecule has 120 valence electrons. The molecule has 0 aliphatic carbocycles. The summed E-state index contributed by atoms with van der Waals surface area (Å²) in [5.74, 6) is 0.839. The number of nitrogens with zero attached hydrogens (tertiary/aromatic N) is 4. The number of anilines is 1. The summed E-state index contributed by atoms with van der Waals surface area (Å²) in [5, 5.41) is 3.22. The highest BCUT2D eigenvalue weighted by Crippen LogP contribution is 2.25. The SMILES string of the molecule is CCC1CN(C)CCN1c1cc(Cl)nc2cc(=S(=O)=O)[nH]n12. The number of hydrogen-bond donors (Lipinski definition) is 1. The highest BCUT2D eigenvalue weighted by atomic mass is 35.5. The van der Waals surface area contributed by atoms with Gasteiger partial charge in [0.2, 0.25) is 10.3 Å². The van der Waals surface area contributed by atoms with E-state index < -0.39 is 10.3 Å². The van der Waals surface area contributed by atoms with Crippen LogP contribution in [0.25, 0.3) is 5.65 Å². The Kier molecular flexibility index (Phi) is 4.16. The first-order valence-electron chi connectivity index (χ1n) is 7.15. The molecule has 0 aromatic carbocycles. The molecule has 0 bridgehead atoms. The summed E-state index contributed by atoms with van der Waals surface area (Å²) in [6.45, 7) is 4.90. The van der Waals surface area contributed by atoms with Crippen molar-refractivity contribution in [2.75, 3.05) is 31.6 Å². The zero-order valence-corrected chi connectivity index (χ0v) is 14.0. The Bertz CT molecular complexity index is 864. The third-order valence-electron chi connectivity index (χ3n) is 4.04. The molecule has 1 unspecified atom stereocenters. The minimum absolute atomic E-state index is 0.0955. The molecule has 0 saturated carbocycles. The molecule has 22 heavy (non-hydrogen) atoms. The molecular weight excluding hydrogens is 326 g/mol. The van der Waals surface area contributed by atoms with E-state index in [4.69, 9.17) is 11.6 Å². The maximum Gasteiger partial charge on any atom is 0.239 e. The number of H-pyrrole nitrogens is 1. The van der Waals surface area contributed by atoms with E-state index >= 15 is 0 Å². The van der Waals surface area contributed by atoms with E-state index in [0.29, 0.717) is 16.8 Å². The highest BCUT2D eigenvalue weighted by Gasteiger charge is 2.26. The Balaban J connectivity index is 2.19. The third-order valence-corrected chi connectivity index (χ3v) is 4.80. The van der Waals surface area contributed by atoms with E-state index in [1.54, 1.807) is 10.6 Å². The van der Waals surface area contributed by atoms with Crippen molar-refractivity contribution in [1.82, 2.24) is 19.5 Å². The van der Waals surface area contributed by atoms with Crippen molar-refractivity contribution in [1.29, 1.82) is 0 Å². The number of aromatic amines is 1. The number of rotatable bonds is 2. The smallest absolute Gasteiger partial charge is 0.239 e. The van der Waals surface area contributed by atoms with Gasteiger partial charge in [-0.25, -0.2) is 9.50 Å². The monoisotopic (exact) mass is 343 g/mol. The molecule has 0 amide bonds. The normalized spacial score (nSPS) is 19.8. The van der Waals surface area contributed by atoms with Gasteiger partial charge < -0.3 is 9.80 Å². The number of aromatic nitrogens is 3. The van der Waals surface area contributed by atoms with Crippen LogP contribution >= 0.6 is 11.6 Å². The van der Waals surface area contributed by atoms with E-state index in [2.05, 4.69) is 33.9 Å². The van der Waals surface area contributed by atoms with Gasteiger partial charge in [0.1, 0.15) is 11.0 Å². The first-order chi connectivity index (χ1) is 10.5. The average Bonchev–Trinajstić information content (AvgIpc) is 2.90. The van der Waals surface area contributed by atoms with E-state index in [1.165, 1.54) is 6.07 Å². The lowest BCUT2D eigenvalue weighted by Gasteiger charge is -2.41. The summed E-state index contributed by atoms with van der Waals surface area (Å²) < 4.78 is 24.1. The maximum absolute atomic E-state index is 11.2. The fourth-order valence-electron chi connectivity index (χ4n) is 2.91. The van der Waals surface area contributed by atoms with Crippen molar-refractivity contribution in [3.63, 3.8) is 0 Å². The molecule has 1 saturated heterocycles. The topological polar surface area (TPSA) is 73.7 Å². The van der Waals surface area contributed by atoms with Crippen LogP contribution in [0.2, 0.25) is 5.15 Å². The van der Waals surface area contributed by atoms with Gasteiger partial charge in [0.05, 0.1) is 0 Å². The van der Waals surface area contributed by atoms with Gasteiger partial charge in [0, 0.05) is 37.8 Å². The number of fused-ring (bicyclic) bond motifs is 1. The molecule has 1 atom stereocenters. The van der Waals surface area contributed by atoms with Crippen LogP contribution in [0.1, 0.15) is 13.3 Å². The summed E-state index contributed by atoms with van der Waals surface area (Å²) in [6, 6.07) is 3.60. The molecule has 1 fully saturated rings. The second-order valence-electron chi connectivity index (χ2n) is 5.50. The maximum atomic E-state index is 11.2. The van der Waals surface area contributed by atoms with Crippen LogP contribution in [0, 0.1) is 4.64 Å². The van der Waals surface area contributed by atoms with Gasteiger partial charge in [-0.05, 0) is 13.5 Å². The van der Waals surface area contributed by atoms with Gasteiger partial charge in [0.25, 0.3) is 0 Å². The standard InChI is InChI=1S/C13H18ClN5O2S/c1-3-9-8-17(2)4-5-18(9)13-6-10(14)15-11-7-12(22(20)21)16-19(11)13/h6-7,9,16H,3-5,8H2,1-2H3. The van der Waals surface area contributed by atoms with E-state index in [1.807, 2.05) is 0 Å². The van der Waals surface area contributed by atoms with Crippen molar-refractivity contribution in [3.8, 4) is 0 Å². The van der Waals surface area contributed by atoms with Crippen molar-refractivity contribution in [2.24, 2.45) is 0 Å². The zero-order chi connectivity index (χ0) is 15.9. The zero-order valence-electron chi connectivity index (χ0n) is 12.5. The number of nitrogens with one attached hydrogen (secondary N) is 1. The first-order valence-corrected chi connectivity index (χ1v) is 8.60. The van der Waals surface area contributed by atoms with Gasteiger partial charge in [-0.15, -0.1) is 0 Å². The molecule has 0 spiro atoms. The van der Waals surface area contributed by atoms with Gasteiger partial charge >= 0.3 is 0 Å². The Morgan fingerprint density at radius 3 is 2.86 bits per heavy atom. The average molecular weight is 344 g/mol. The van der Waals surface area contributed by atoms with Crippen LogP contribution in [0.15, 0.2) is 12.1 Å². The van der Waals surface area contributed by atoms with Crippen LogP contribution in [-0.4, -0.2) is 60.6 Å². The Morgan fingerprint density at radius 1 is 1.41 bits per heavy atom. The number of likely N-dealkylation sites (N-methyl/N-ethyl adjacent to an activating group) is 1. The van der Waals surface area contributed by atoms with Gasteiger partial charge in [0.15, 0.2) is 10.3 Å². The number of hydrogen-bond acceptors (Lipinski definition) is 5. The van der Waals surface area contributed by atoms with Crippen LogP contribution in [-0.2, 0) is 10.3 Å². The van der Waals surface area contributed by atoms with E-state index in [-0.39, 0.29) is 4.64 Å². The number of piperazine rings is 1. The molecule has 1 N–H and O–H groups in total. The summed E-state index contributed by atoms with van der Waals surface area (Å²) in [4.78, 5) is 8.74. The lowest BCUT2D eigenvalue weighted by molar-refractivity contribution is 0.262. The van der Waals surface area contributed by atoms with Gasteiger partial charge in [-0.3, -0.25) is 5.10 Å². The van der Waals surface area contributed by atoms with Crippen LogP contribution < -0.4 is 4.90 Å². The molecule has 2 aromatic heterocycles. The Hall–Kier alpha value is -1.51. The van der Waals surface area contributed by atoms with Gasteiger partial charge in [-0.2, -0.15) is 8.42 Å². The minimum Gasteiger partial charge on any atom is -0.351 e. The molecule has 1 aliphatic heterocycles. The van der Waals surface area contributed by atoms with Gasteiger partial charge in [-0.1, -0.05) is 18.5 Å². The van der Waals surface area contributed by atoms with Crippen LogP contribution in [0.5, 0.6) is 0 Å². The Morgan fingerprint density at radius 2 is 2.18 bits per heavy atom. The quantitative estimate of drug-likeness (QED) is 0.656. The molecule has 7 nitrogen and oxygen atoms in total. The highest BCUT2D eigenvalue weighted by molar-refractivity contribution is 7.63. The minimum atomic E-state index is -2.33. The fourth-order valence-corrected chi connectivity index (χ4v) is 3.46. The predicted octanol–water partition coefficient (Wildman–Crippen LogP) is 1.26. The molecule has 9 heteroatoms.